The van der Waals surface area contributed by atoms with Crippen molar-refractivity contribution in [2.45, 2.75) is 20.4 Å². The number of aromatic hydroxyl groups is 1. The molecule has 0 aliphatic rings. The van der Waals surface area contributed by atoms with Crippen molar-refractivity contribution >= 4 is 38.3 Å². The van der Waals surface area contributed by atoms with Crippen LogP contribution in [0.2, 0.25) is 0 Å². The molecule has 1 aromatic heterocycles. The Morgan fingerprint density at radius 1 is 1.35 bits per heavy atom. The van der Waals surface area contributed by atoms with Crippen molar-refractivity contribution in [3.63, 3.8) is 0 Å². The summed E-state index contributed by atoms with van der Waals surface area (Å²) < 4.78 is 5.64. The number of carbonyl (C=O) groups excluding carboxylic acids is 2. The number of benzene rings is 1. The van der Waals surface area contributed by atoms with Gasteiger partial charge in [0.15, 0.2) is 0 Å². The van der Waals surface area contributed by atoms with Gasteiger partial charge in [-0.25, -0.2) is 4.79 Å². The molecule has 0 aliphatic heterocycles. The molecule has 1 aromatic carbocycles. The van der Waals surface area contributed by atoms with Crippen LogP contribution in [-0.2, 0) is 16.1 Å². The van der Waals surface area contributed by atoms with E-state index in [-0.39, 0.29) is 23.8 Å². The number of esters is 1. The minimum atomic E-state index is -0.512. The van der Waals surface area contributed by atoms with Crippen LogP contribution in [0.25, 0.3) is 10.1 Å². The standard InChI is InChI=1S/C16H20N2O4S/c1-5-22-16(21)12-11-7-6-10(8-18(3)4)13(20)14(11)23-15(12)17-9(2)19/h6-7,20H,5,8H2,1-4H3,(H,17,19). The highest BCUT2D eigenvalue weighted by atomic mass is 32.1. The first-order valence-corrected chi connectivity index (χ1v) is 8.03. The normalized spacial score (nSPS) is 11.0. The Balaban J connectivity index is 2.63. The van der Waals surface area contributed by atoms with Crippen LogP contribution in [0, 0.1) is 0 Å². The third kappa shape index (κ3) is 3.62. The molecule has 2 rings (SSSR count). The summed E-state index contributed by atoms with van der Waals surface area (Å²) in [5, 5.41) is 14.1. The average molecular weight is 336 g/mol. The quantitative estimate of drug-likeness (QED) is 0.821. The van der Waals surface area contributed by atoms with E-state index < -0.39 is 5.97 Å². The predicted molar refractivity (Wildman–Crippen MR) is 91.1 cm³/mol. The third-order valence-corrected chi connectivity index (χ3v) is 4.30. The lowest BCUT2D eigenvalue weighted by Gasteiger charge is -2.11. The molecule has 6 nitrogen and oxygen atoms in total. The van der Waals surface area contributed by atoms with Gasteiger partial charge in [0.1, 0.15) is 16.3 Å². The van der Waals surface area contributed by atoms with Crippen molar-refractivity contribution in [2.24, 2.45) is 0 Å². The van der Waals surface area contributed by atoms with Gasteiger partial charge in [-0.2, -0.15) is 0 Å². The Morgan fingerprint density at radius 3 is 2.61 bits per heavy atom. The molecule has 0 radical (unpaired) electrons. The highest BCUT2D eigenvalue weighted by Crippen LogP contribution is 2.42. The first kappa shape index (κ1) is 17.2. The van der Waals surface area contributed by atoms with Gasteiger partial charge in [-0.1, -0.05) is 12.1 Å². The van der Waals surface area contributed by atoms with Crippen molar-refractivity contribution in [2.75, 3.05) is 26.0 Å². The van der Waals surface area contributed by atoms with E-state index in [1.807, 2.05) is 19.0 Å². The van der Waals surface area contributed by atoms with Crippen molar-refractivity contribution in [3.05, 3.63) is 23.3 Å². The minimum absolute atomic E-state index is 0.128. The number of carbonyl (C=O) groups is 2. The second-order valence-electron chi connectivity index (χ2n) is 5.40. The van der Waals surface area contributed by atoms with Gasteiger partial charge in [0, 0.05) is 24.4 Å². The van der Waals surface area contributed by atoms with Gasteiger partial charge in [-0.3, -0.25) is 4.79 Å². The molecule has 0 aliphatic carbocycles. The molecule has 1 amide bonds. The molecular formula is C16H20N2O4S. The Kier molecular flexibility index (Phi) is 5.23. The summed E-state index contributed by atoms with van der Waals surface area (Å²) in [6, 6.07) is 3.56. The second kappa shape index (κ2) is 6.97. The molecule has 0 bridgehead atoms. The Bertz CT molecular complexity index is 752. The van der Waals surface area contributed by atoms with Gasteiger partial charge in [0.25, 0.3) is 0 Å². The number of ether oxygens (including phenoxy) is 1. The fraction of sp³-hybridized carbons (Fsp3) is 0.375. The second-order valence-corrected chi connectivity index (χ2v) is 6.42. The zero-order valence-corrected chi connectivity index (χ0v) is 14.4. The number of hydrogen-bond donors (Lipinski definition) is 2. The monoisotopic (exact) mass is 336 g/mol. The van der Waals surface area contributed by atoms with E-state index in [2.05, 4.69) is 5.32 Å². The lowest BCUT2D eigenvalue weighted by Crippen LogP contribution is -2.11. The molecule has 0 unspecified atom stereocenters. The molecule has 124 valence electrons. The summed E-state index contributed by atoms with van der Waals surface area (Å²) in [5.74, 6) is -0.666. The van der Waals surface area contributed by atoms with Crippen molar-refractivity contribution in [3.8, 4) is 5.75 Å². The third-order valence-electron chi connectivity index (χ3n) is 3.17. The maximum absolute atomic E-state index is 12.2. The number of phenolic OH excluding ortho intramolecular Hbond substituents is 1. The van der Waals surface area contributed by atoms with Crippen molar-refractivity contribution < 1.29 is 19.4 Å². The molecule has 7 heteroatoms. The summed E-state index contributed by atoms with van der Waals surface area (Å²) >= 11 is 1.17. The molecule has 23 heavy (non-hydrogen) atoms. The summed E-state index contributed by atoms with van der Waals surface area (Å²) in [6.45, 7) is 3.90. The maximum Gasteiger partial charge on any atom is 0.341 e. The van der Waals surface area contributed by atoms with Gasteiger partial charge < -0.3 is 20.1 Å². The number of nitrogens with zero attached hydrogens (tertiary/aromatic N) is 1. The van der Waals surface area contributed by atoms with Crippen LogP contribution in [0.5, 0.6) is 5.75 Å². The van der Waals surface area contributed by atoms with Gasteiger partial charge >= 0.3 is 5.97 Å². The lowest BCUT2D eigenvalue weighted by molar-refractivity contribution is -0.114. The van der Waals surface area contributed by atoms with Crippen molar-refractivity contribution in [1.82, 2.24) is 4.90 Å². The van der Waals surface area contributed by atoms with Gasteiger partial charge in [0.05, 0.1) is 11.3 Å². The minimum Gasteiger partial charge on any atom is -0.506 e. The average Bonchev–Trinajstić information content (AvgIpc) is 2.80. The van der Waals surface area contributed by atoms with Crippen LogP contribution in [0.4, 0.5) is 5.00 Å². The largest absolute Gasteiger partial charge is 0.506 e. The number of fused-ring (bicyclic) bond motifs is 1. The predicted octanol–water partition coefficient (Wildman–Crippen LogP) is 2.80. The van der Waals surface area contributed by atoms with E-state index >= 15 is 0 Å². The molecule has 2 aromatic rings. The smallest absolute Gasteiger partial charge is 0.341 e. The first-order valence-electron chi connectivity index (χ1n) is 7.21. The zero-order chi connectivity index (χ0) is 17.1. The van der Waals surface area contributed by atoms with E-state index in [1.54, 1.807) is 19.1 Å². The molecular weight excluding hydrogens is 316 g/mol. The number of phenols is 1. The number of nitrogens with one attached hydrogen (secondary N) is 1. The van der Waals surface area contributed by atoms with E-state index in [9.17, 15) is 14.7 Å². The van der Waals surface area contributed by atoms with Crippen molar-refractivity contribution in [1.29, 1.82) is 0 Å². The molecule has 2 N–H and O–H groups in total. The van der Waals surface area contributed by atoms with Gasteiger partial charge in [-0.15, -0.1) is 11.3 Å². The van der Waals surface area contributed by atoms with Crippen LogP contribution < -0.4 is 5.32 Å². The Morgan fingerprint density at radius 2 is 2.04 bits per heavy atom. The first-order chi connectivity index (χ1) is 10.8. The lowest BCUT2D eigenvalue weighted by atomic mass is 10.1. The highest BCUT2D eigenvalue weighted by molar-refractivity contribution is 7.23. The van der Waals surface area contributed by atoms with E-state index in [0.29, 0.717) is 21.6 Å². The van der Waals surface area contributed by atoms with Crippen LogP contribution in [-0.4, -0.2) is 42.6 Å². The molecule has 0 atom stereocenters. The molecule has 1 heterocycles. The molecule has 0 spiro atoms. The Hall–Kier alpha value is -2.12. The van der Waals surface area contributed by atoms with E-state index in [0.717, 1.165) is 5.56 Å². The fourth-order valence-electron chi connectivity index (χ4n) is 2.31. The molecule has 0 fully saturated rings. The van der Waals surface area contributed by atoms with Gasteiger partial charge in [0.2, 0.25) is 5.91 Å². The SMILES string of the molecule is CCOC(=O)c1c(NC(C)=O)sc2c(O)c(CN(C)C)ccc12. The number of thiophene rings is 1. The number of hydrogen-bond acceptors (Lipinski definition) is 6. The topological polar surface area (TPSA) is 78.9 Å². The van der Waals surface area contributed by atoms with Gasteiger partial charge in [-0.05, 0) is 21.0 Å². The number of anilines is 1. The van der Waals surface area contributed by atoms with E-state index in [4.69, 9.17) is 4.74 Å². The van der Waals surface area contributed by atoms with Crippen LogP contribution in [0.15, 0.2) is 12.1 Å². The zero-order valence-electron chi connectivity index (χ0n) is 13.6. The molecule has 0 saturated carbocycles. The van der Waals surface area contributed by atoms with Crippen LogP contribution in [0.3, 0.4) is 0 Å². The number of amides is 1. The molecule has 0 saturated heterocycles. The van der Waals surface area contributed by atoms with Crippen LogP contribution in [0.1, 0.15) is 29.8 Å². The number of rotatable bonds is 5. The highest BCUT2D eigenvalue weighted by Gasteiger charge is 2.23. The summed E-state index contributed by atoms with van der Waals surface area (Å²) in [6.07, 6.45) is 0. The maximum atomic E-state index is 12.2. The Labute approximate surface area is 138 Å². The van der Waals surface area contributed by atoms with E-state index in [1.165, 1.54) is 18.3 Å². The fourth-order valence-corrected chi connectivity index (χ4v) is 3.51. The summed E-state index contributed by atoms with van der Waals surface area (Å²) in [7, 11) is 3.82. The van der Waals surface area contributed by atoms with Crippen LogP contribution >= 0.6 is 11.3 Å². The summed E-state index contributed by atoms with van der Waals surface area (Å²) in [4.78, 5) is 25.6. The summed E-state index contributed by atoms with van der Waals surface area (Å²) in [5.41, 5.74) is 1.04.